The molecule has 0 aliphatic carbocycles. The van der Waals surface area contributed by atoms with Crippen LogP contribution in [0.3, 0.4) is 0 Å². The molecular weight excluding hydrogens is 411 g/mol. The molecular formula is C21H18ClFN4OS. The number of aryl methyl sites for hydroxylation is 1. The van der Waals surface area contributed by atoms with E-state index in [0.717, 1.165) is 5.56 Å². The summed E-state index contributed by atoms with van der Waals surface area (Å²) < 4.78 is 17.3. The minimum Gasteiger partial charge on any atom is -0.281 e. The Labute approximate surface area is 176 Å². The lowest BCUT2D eigenvalue weighted by Gasteiger charge is -2.12. The van der Waals surface area contributed by atoms with E-state index in [4.69, 9.17) is 11.6 Å². The summed E-state index contributed by atoms with van der Waals surface area (Å²) in [6, 6.07) is 13.9. The molecule has 0 saturated carbocycles. The molecule has 0 N–H and O–H groups in total. The zero-order valence-corrected chi connectivity index (χ0v) is 17.3. The topological polar surface area (TPSA) is 52.7 Å². The minimum absolute atomic E-state index is 0.215. The summed E-state index contributed by atoms with van der Waals surface area (Å²) in [4.78, 5) is 17.8. The van der Waals surface area contributed by atoms with Gasteiger partial charge < -0.3 is 0 Å². The van der Waals surface area contributed by atoms with Crippen LogP contribution in [0.25, 0.3) is 11.0 Å². The molecule has 2 heterocycles. The second kappa shape index (κ2) is 8.39. The molecule has 0 amide bonds. The molecule has 4 aromatic rings. The Kier molecular flexibility index (Phi) is 5.69. The quantitative estimate of drug-likeness (QED) is 0.328. The van der Waals surface area contributed by atoms with Crippen molar-refractivity contribution in [1.29, 1.82) is 0 Å². The fourth-order valence-electron chi connectivity index (χ4n) is 2.96. The maximum absolute atomic E-state index is 14.0. The van der Waals surface area contributed by atoms with Crippen LogP contribution in [-0.2, 0) is 18.8 Å². The predicted molar refractivity (Wildman–Crippen MR) is 114 cm³/mol. The minimum atomic E-state index is -0.272. The number of halogens is 2. The Bertz CT molecular complexity index is 1220. The van der Waals surface area contributed by atoms with Crippen molar-refractivity contribution in [3.8, 4) is 0 Å². The van der Waals surface area contributed by atoms with Gasteiger partial charge in [-0.2, -0.15) is 5.10 Å². The fourth-order valence-corrected chi connectivity index (χ4v) is 4.08. The van der Waals surface area contributed by atoms with Crippen LogP contribution in [-0.4, -0.2) is 19.3 Å². The second-order valence-corrected chi connectivity index (χ2v) is 7.89. The van der Waals surface area contributed by atoms with Crippen molar-refractivity contribution in [2.45, 2.75) is 30.9 Å². The van der Waals surface area contributed by atoms with E-state index in [1.54, 1.807) is 45.8 Å². The van der Waals surface area contributed by atoms with Crippen LogP contribution in [0.2, 0.25) is 5.02 Å². The van der Waals surface area contributed by atoms with E-state index >= 15 is 0 Å². The fraction of sp³-hybridized carbons (Fsp3) is 0.190. The molecule has 0 radical (unpaired) electrons. The molecule has 0 saturated heterocycles. The summed E-state index contributed by atoms with van der Waals surface area (Å²) in [6.45, 7) is 2.92. The number of aromatic nitrogens is 4. The first kappa shape index (κ1) is 19.7. The van der Waals surface area contributed by atoms with Crippen LogP contribution in [0, 0.1) is 5.82 Å². The van der Waals surface area contributed by atoms with Crippen LogP contribution < -0.4 is 5.56 Å². The van der Waals surface area contributed by atoms with Gasteiger partial charge in [0.2, 0.25) is 0 Å². The van der Waals surface area contributed by atoms with Gasteiger partial charge in [0.15, 0.2) is 10.7 Å². The number of rotatable bonds is 6. The molecule has 148 valence electrons. The highest BCUT2D eigenvalue weighted by Crippen LogP contribution is 2.24. The van der Waals surface area contributed by atoms with Crippen molar-refractivity contribution < 1.29 is 4.39 Å². The summed E-state index contributed by atoms with van der Waals surface area (Å²) in [5, 5.41) is 5.51. The molecule has 0 bridgehead atoms. The average Bonchev–Trinajstić information content (AvgIpc) is 3.15. The maximum Gasteiger partial charge on any atom is 0.282 e. The molecule has 0 fully saturated rings. The molecule has 0 atom stereocenters. The van der Waals surface area contributed by atoms with Gasteiger partial charge in [-0.25, -0.2) is 9.37 Å². The lowest BCUT2D eigenvalue weighted by Crippen LogP contribution is -2.24. The normalized spacial score (nSPS) is 11.3. The van der Waals surface area contributed by atoms with Gasteiger partial charge in [0.05, 0.1) is 12.7 Å². The molecule has 0 spiro atoms. The van der Waals surface area contributed by atoms with Gasteiger partial charge in [-0.1, -0.05) is 53.7 Å². The zero-order valence-electron chi connectivity index (χ0n) is 15.7. The highest BCUT2D eigenvalue weighted by atomic mass is 35.5. The first-order valence-electron chi connectivity index (χ1n) is 9.14. The van der Waals surface area contributed by atoms with Crippen molar-refractivity contribution in [3.63, 3.8) is 0 Å². The lowest BCUT2D eigenvalue weighted by atomic mass is 10.2. The third kappa shape index (κ3) is 4.21. The SMILES string of the molecule is CCn1cc2nc(SCc3ccccc3F)n(Cc3ccc(Cl)cc3)c(=O)c2n1. The first-order chi connectivity index (χ1) is 14.0. The Morgan fingerprint density at radius 1 is 1.14 bits per heavy atom. The molecule has 4 rings (SSSR count). The van der Waals surface area contributed by atoms with Gasteiger partial charge in [0.25, 0.3) is 5.56 Å². The maximum atomic E-state index is 14.0. The van der Waals surface area contributed by atoms with Crippen molar-refractivity contribution in [1.82, 2.24) is 19.3 Å². The second-order valence-electron chi connectivity index (χ2n) is 6.51. The standard InChI is InChI=1S/C21H18ClFN4OS/c1-2-26-12-18-19(25-26)20(28)27(11-14-7-9-16(22)10-8-14)21(24-18)29-13-15-5-3-4-6-17(15)23/h3-10,12H,2,11,13H2,1H3. The Hall–Kier alpha value is -2.64. The Morgan fingerprint density at radius 2 is 1.90 bits per heavy atom. The molecule has 8 heteroatoms. The first-order valence-corrected chi connectivity index (χ1v) is 10.5. The van der Waals surface area contributed by atoms with Crippen LogP contribution >= 0.6 is 23.4 Å². The highest BCUT2D eigenvalue weighted by Gasteiger charge is 2.16. The van der Waals surface area contributed by atoms with Crippen LogP contribution in [0.1, 0.15) is 18.1 Å². The number of hydrogen-bond acceptors (Lipinski definition) is 4. The van der Waals surface area contributed by atoms with Crippen LogP contribution in [0.5, 0.6) is 0 Å². The predicted octanol–water partition coefficient (Wildman–Crippen LogP) is 4.75. The lowest BCUT2D eigenvalue weighted by molar-refractivity contribution is 0.616. The van der Waals surface area contributed by atoms with Gasteiger partial charge in [0, 0.05) is 17.3 Å². The molecule has 0 unspecified atom stereocenters. The van der Waals surface area contributed by atoms with Crippen molar-refractivity contribution in [2.24, 2.45) is 0 Å². The summed E-state index contributed by atoms with van der Waals surface area (Å²) >= 11 is 7.30. The molecule has 0 aliphatic rings. The molecule has 0 aliphatic heterocycles. The van der Waals surface area contributed by atoms with E-state index in [9.17, 15) is 9.18 Å². The van der Waals surface area contributed by atoms with E-state index in [1.165, 1.54) is 17.8 Å². The number of nitrogens with zero attached hydrogens (tertiary/aromatic N) is 4. The largest absolute Gasteiger partial charge is 0.282 e. The average molecular weight is 429 g/mol. The van der Waals surface area contributed by atoms with E-state index < -0.39 is 0 Å². The van der Waals surface area contributed by atoms with Gasteiger partial charge in [-0.3, -0.25) is 14.0 Å². The third-order valence-corrected chi connectivity index (χ3v) is 5.81. The molecule has 29 heavy (non-hydrogen) atoms. The number of hydrogen-bond donors (Lipinski definition) is 0. The summed E-state index contributed by atoms with van der Waals surface area (Å²) in [5.74, 6) is 0.0964. The summed E-state index contributed by atoms with van der Waals surface area (Å²) in [5.41, 5.74) is 2.14. The highest BCUT2D eigenvalue weighted by molar-refractivity contribution is 7.98. The number of thioether (sulfide) groups is 1. The van der Waals surface area contributed by atoms with E-state index in [0.29, 0.717) is 45.6 Å². The van der Waals surface area contributed by atoms with Crippen molar-refractivity contribution in [2.75, 3.05) is 0 Å². The Morgan fingerprint density at radius 3 is 2.62 bits per heavy atom. The van der Waals surface area contributed by atoms with Gasteiger partial charge in [-0.05, 0) is 36.2 Å². The van der Waals surface area contributed by atoms with E-state index in [-0.39, 0.29) is 11.4 Å². The molecule has 2 aromatic carbocycles. The molecule has 5 nitrogen and oxygen atoms in total. The van der Waals surface area contributed by atoms with E-state index in [1.807, 2.05) is 19.1 Å². The summed E-state index contributed by atoms with van der Waals surface area (Å²) in [6.07, 6.45) is 1.76. The van der Waals surface area contributed by atoms with E-state index in [2.05, 4.69) is 10.1 Å². The summed E-state index contributed by atoms with van der Waals surface area (Å²) in [7, 11) is 0. The number of fused-ring (bicyclic) bond motifs is 1. The Balaban J connectivity index is 1.76. The smallest absolute Gasteiger partial charge is 0.281 e. The van der Waals surface area contributed by atoms with Crippen molar-refractivity contribution >= 4 is 34.4 Å². The van der Waals surface area contributed by atoms with Crippen molar-refractivity contribution in [3.05, 3.63) is 87.0 Å². The van der Waals surface area contributed by atoms with Gasteiger partial charge >= 0.3 is 0 Å². The zero-order chi connectivity index (χ0) is 20.4. The number of benzene rings is 2. The monoisotopic (exact) mass is 428 g/mol. The van der Waals surface area contributed by atoms with Gasteiger partial charge in [-0.15, -0.1) is 0 Å². The van der Waals surface area contributed by atoms with Gasteiger partial charge in [0.1, 0.15) is 11.3 Å². The van der Waals surface area contributed by atoms with Crippen LogP contribution in [0.15, 0.2) is 64.7 Å². The third-order valence-electron chi connectivity index (χ3n) is 4.53. The van der Waals surface area contributed by atoms with Crippen LogP contribution in [0.4, 0.5) is 4.39 Å². The molecule has 2 aromatic heterocycles.